The van der Waals surface area contributed by atoms with Crippen LogP contribution in [0.1, 0.15) is 18.7 Å². The van der Waals surface area contributed by atoms with Crippen molar-refractivity contribution in [1.29, 1.82) is 0 Å². The number of hydrogen-bond acceptors (Lipinski definition) is 5. The van der Waals surface area contributed by atoms with Crippen molar-refractivity contribution in [2.24, 2.45) is 5.92 Å². The van der Waals surface area contributed by atoms with Gasteiger partial charge in [0.15, 0.2) is 11.5 Å². The number of nitrogens with two attached hydrogens (primary N) is 1. The Bertz CT molecular complexity index is 518. The van der Waals surface area contributed by atoms with Crippen LogP contribution in [0.3, 0.4) is 0 Å². The number of anilines is 1. The Morgan fingerprint density at radius 2 is 2.41 bits per heavy atom. The normalized spacial score (nSPS) is 20.1. The molecule has 2 aromatic rings. The zero-order valence-corrected chi connectivity index (χ0v) is 9.52. The van der Waals surface area contributed by atoms with Gasteiger partial charge in [-0.05, 0) is 18.8 Å². The van der Waals surface area contributed by atoms with Crippen LogP contribution >= 0.6 is 0 Å². The molecule has 1 aliphatic rings. The van der Waals surface area contributed by atoms with Crippen LogP contribution < -0.4 is 5.73 Å². The molecule has 0 saturated carbocycles. The number of nitrogens with one attached hydrogen (secondary N) is 1. The fourth-order valence-corrected chi connectivity index (χ4v) is 2.16. The maximum absolute atomic E-state index is 5.73. The number of fused-ring (bicyclic) bond motifs is 1. The van der Waals surface area contributed by atoms with E-state index >= 15 is 0 Å². The van der Waals surface area contributed by atoms with Crippen LogP contribution in [0.15, 0.2) is 6.33 Å². The van der Waals surface area contributed by atoms with E-state index in [4.69, 9.17) is 10.5 Å². The lowest BCUT2D eigenvalue weighted by atomic mass is 10.0. The van der Waals surface area contributed by atoms with Crippen molar-refractivity contribution in [1.82, 2.24) is 19.9 Å². The highest BCUT2D eigenvalue weighted by Gasteiger charge is 2.16. The molecule has 0 bridgehead atoms. The van der Waals surface area contributed by atoms with E-state index in [9.17, 15) is 0 Å². The predicted octanol–water partition coefficient (Wildman–Crippen LogP) is 0.904. The van der Waals surface area contributed by atoms with Gasteiger partial charge in [-0.2, -0.15) is 0 Å². The van der Waals surface area contributed by atoms with Crippen LogP contribution in [0.5, 0.6) is 0 Å². The van der Waals surface area contributed by atoms with Gasteiger partial charge in [0.05, 0.1) is 0 Å². The van der Waals surface area contributed by atoms with Crippen LogP contribution in [0.25, 0.3) is 11.2 Å². The molecule has 3 rings (SSSR count). The fraction of sp³-hybridized carbons (Fsp3) is 0.545. The van der Waals surface area contributed by atoms with Crippen molar-refractivity contribution in [2.75, 3.05) is 18.9 Å². The number of ether oxygens (including phenoxy) is 1. The third kappa shape index (κ3) is 2.08. The van der Waals surface area contributed by atoms with Gasteiger partial charge in [0, 0.05) is 19.6 Å². The van der Waals surface area contributed by atoms with E-state index in [1.165, 1.54) is 6.33 Å². The molecule has 17 heavy (non-hydrogen) atoms. The first-order chi connectivity index (χ1) is 8.33. The van der Waals surface area contributed by atoms with Gasteiger partial charge in [0.1, 0.15) is 17.7 Å². The molecule has 1 fully saturated rings. The number of nitrogen functional groups attached to an aromatic ring is 1. The molecule has 90 valence electrons. The number of hydrogen-bond donors (Lipinski definition) is 2. The molecule has 1 aliphatic heterocycles. The second-order valence-electron chi connectivity index (χ2n) is 4.41. The van der Waals surface area contributed by atoms with E-state index in [0.29, 0.717) is 17.3 Å². The standard InChI is InChI=1S/C11H15N5O/c12-10-9-11(14-6-13-10)16-8(15-9)2-1-7-3-4-17-5-7/h6-7H,1-5H2,(H3,12,13,14,15,16)/t7-/m1/s1. The molecule has 0 radical (unpaired) electrons. The summed E-state index contributed by atoms with van der Waals surface area (Å²) in [6.07, 6.45) is 4.60. The third-order valence-corrected chi connectivity index (χ3v) is 3.17. The fourth-order valence-electron chi connectivity index (χ4n) is 2.16. The summed E-state index contributed by atoms with van der Waals surface area (Å²) in [5, 5.41) is 0. The number of aromatic amines is 1. The lowest BCUT2D eigenvalue weighted by Gasteiger charge is -2.04. The molecule has 6 heteroatoms. The second-order valence-corrected chi connectivity index (χ2v) is 4.41. The highest BCUT2D eigenvalue weighted by atomic mass is 16.5. The van der Waals surface area contributed by atoms with Gasteiger partial charge >= 0.3 is 0 Å². The second kappa shape index (κ2) is 4.29. The average molecular weight is 233 g/mol. The highest BCUT2D eigenvalue weighted by Crippen LogP contribution is 2.19. The molecule has 2 aromatic heterocycles. The zero-order chi connectivity index (χ0) is 11.7. The van der Waals surface area contributed by atoms with E-state index in [0.717, 1.165) is 43.9 Å². The molecule has 3 heterocycles. The summed E-state index contributed by atoms with van der Waals surface area (Å²) < 4.78 is 5.35. The Labute approximate surface area is 98.6 Å². The maximum Gasteiger partial charge on any atom is 0.162 e. The first kappa shape index (κ1) is 10.5. The van der Waals surface area contributed by atoms with Crippen molar-refractivity contribution in [3.05, 3.63) is 12.2 Å². The van der Waals surface area contributed by atoms with Crippen LogP contribution in [0.2, 0.25) is 0 Å². The van der Waals surface area contributed by atoms with Crippen molar-refractivity contribution in [3.8, 4) is 0 Å². The summed E-state index contributed by atoms with van der Waals surface area (Å²) in [5.74, 6) is 2.02. The summed E-state index contributed by atoms with van der Waals surface area (Å²) in [6, 6.07) is 0. The lowest BCUT2D eigenvalue weighted by molar-refractivity contribution is 0.184. The molecule has 0 unspecified atom stereocenters. The first-order valence-electron chi connectivity index (χ1n) is 5.86. The van der Waals surface area contributed by atoms with Gasteiger partial charge in [-0.1, -0.05) is 0 Å². The Balaban J connectivity index is 1.74. The molecule has 6 nitrogen and oxygen atoms in total. The average Bonchev–Trinajstić information content (AvgIpc) is 2.95. The summed E-state index contributed by atoms with van der Waals surface area (Å²) in [4.78, 5) is 15.6. The Morgan fingerprint density at radius 3 is 3.18 bits per heavy atom. The van der Waals surface area contributed by atoms with Gasteiger partial charge in [-0.3, -0.25) is 0 Å². The van der Waals surface area contributed by atoms with Gasteiger partial charge < -0.3 is 15.5 Å². The molecular formula is C11H15N5O. The Morgan fingerprint density at radius 1 is 1.47 bits per heavy atom. The number of imidazole rings is 1. The van der Waals surface area contributed by atoms with Gasteiger partial charge in [0.2, 0.25) is 0 Å². The largest absolute Gasteiger partial charge is 0.382 e. The van der Waals surface area contributed by atoms with E-state index < -0.39 is 0 Å². The third-order valence-electron chi connectivity index (χ3n) is 3.17. The number of H-pyrrole nitrogens is 1. The summed E-state index contributed by atoms with van der Waals surface area (Å²) in [7, 11) is 0. The summed E-state index contributed by atoms with van der Waals surface area (Å²) >= 11 is 0. The van der Waals surface area contributed by atoms with Gasteiger partial charge in [-0.25, -0.2) is 15.0 Å². The van der Waals surface area contributed by atoms with Crippen molar-refractivity contribution in [2.45, 2.75) is 19.3 Å². The minimum absolute atomic E-state index is 0.432. The van der Waals surface area contributed by atoms with Crippen LogP contribution in [0, 0.1) is 5.92 Å². The van der Waals surface area contributed by atoms with Crippen molar-refractivity contribution >= 4 is 17.0 Å². The van der Waals surface area contributed by atoms with Crippen molar-refractivity contribution in [3.63, 3.8) is 0 Å². The van der Waals surface area contributed by atoms with Crippen LogP contribution in [0.4, 0.5) is 5.82 Å². The van der Waals surface area contributed by atoms with Crippen LogP contribution in [-0.4, -0.2) is 33.1 Å². The minimum Gasteiger partial charge on any atom is -0.382 e. The molecular weight excluding hydrogens is 218 g/mol. The van der Waals surface area contributed by atoms with Gasteiger partial charge in [-0.15, -0.1) is 0 Å². The minimum atomic E-state index is 0.432. The Kier molecular flexibility index (Phi) is 2.64. The molecule has 1 saturated heterocycles. The van der Waals surface area contributed by atoms with Gasteiger partial charge in [0.25, 0.3) is 0 Å². The number of rotatable bonds is 3. The number of aromatic nitrogens is 4. The molecule has 1 atom stereocenters. The predicted molar refractivity (Wildman–Crippen MR) is 63.3 cm³/mol. The highest BCUT2D eigenvalue weighted by molar-refractivity contribution is 5.80. The number of aryl methyl sites for hydroxylation is 1. The smallest absolute Gasteiger partial charge is 0.162 e. The quantitative estimate of drug-likeness (QED) is 0.822. The Hall–Kier alpha value is -1.69. The summed E-state index contributed by atoms with van der Waals surface area (Å²) in [5.41, 5.74) is 7.12. The lowest BCUT2D eigenvalue weighted by Crippen LogP contribution is -2.02. The van der Waals surface area contributed by atoms with Crippen molar-refractivity contribution < 1.29 is 4.74 Å². The molecule has 0 spiro atoms. The number of nitrogens with zero attached hydrogens (tertiary/aromatic N) is 3. The van der Waals surface area contributed by atoms with E-state index in [-0.39, 0.29) is 0 Å². The summed E-state index contributed by atoms with van der Waals surface area (Å²) in [6.45, 7) is 1.77. The maximum atomic E-state index is 5.73. The topological polar surface area (TPSA) is 89.7 Å². The molecule has 0 aliphatic carbocycles. The SMILES string of the molecule is Nc1ncnc2[nH]c(CC[C@@H]3CCOC3)nc12. The first-order valence-corrected chi connectivity index (χ1v) is 5.86. The molecule has 0 amide bonds. The van der Waals surface area contributed by atoms with E-state index in [1.807, 2.05) is 0 Å². The monoisotopic (exact) mass is 233 g/mol. The zero-order valence-electron chi connectivity index (χ0n) is 9.52. The van der Waals surface area contributed by atoms with E-state index in [1.54, 1.807) is 0 Å². The molecule has 3 N–H and O–H groups in total. The molecule has 0 aromatic carbocycles. The van der Waals surface area contributed by atoms with Crippen LogP contribution in [-0.2, 0) is 11.2 Å². The van der Waals surface area contributed by atoms with E-state index in [2.05, 4.69) is 19.9 Å².